The van der Waals surface area contributed by atoms with E-state index in [9.17, 15) is 22.8 Å². The number of aromatic amines is 1. The molecule has 2 aliphatic rings. The minimum Gasteiger partial charge on any atom is -0.351 e. The molecule has 32 heavy (non-hydrogen) atoms. The summed E-state index contributed by atoms with van der Waals surface area (Å²) in [6.07, 6.45) is -2.25. The average molecular weight is 449 g/mol. The first-order chi connectivity index (χ1) is 15.1. The molecule has 4 rings (SSSR count). The second kappa shape index (κ2) is 8.55. The Morgan fingerprint density at radius 1 is 1.25 bits per heavy atom. The molecule has 2 aromatic rings. The van der Waals surface area contributed by atoms with Crippen LogP contribution in [0.5, 0.6) is 0 Å². The highest BCUT2D eigenvalue weighted by molar-refractivity contribution is 5.81. The van der Waals surface area contributed by atoms with E-state index in [-0.39, 0.29) is 36.2 Å². The maximum Gasteiger partial charge on any atom is 0.416 e. The quantitative estimate of drug-likeness (QED) is 0.748. The summed E-state index contributed by atoms with van der Waals surface area (Å²) in [7, 11) is 0. The molecule has 2 aliphatic heterocycles. The monoisotopic (exact) mass is 449 g/mol. The van der Waals surface area contributed by atoms with Crippen molar-refractivity contribution < 1.29 is 22.8 Å². The number of carbonyl (C=O) groups excluding carboxylic acids is 2. The number of fused-ring (bicyclic) bond motifs is 1. The molecule has 172 valence electrons. The van der Waals surface area contributed by atoms with Crippen LogP contribution >= 0.6 is 0 Å². The molecular weight excluding hydrogens is 423 g/mol. The van der Waals surface area contributed by atoms with E-state index >= 15 is 0 Å². The Balaban J connectivity index is 1.62. The van der Waals surface area contributed by atoms with Crippen molar-refractivity contribution in [3.8, 4) is 0 Å². The van der Waals surface area contributed by atoms with Gasteiger partial charge in [0, 0.05) is 12.3 Å². The highest BCUT2D eigenvalue weighted by Crippen LogP contribution is 2.40. The topological polar surface area (TPSA) is 91.0 Å². The van der Waals surface area contributed by atoms with Crippen LogP contribution in [-0.4, -0.2) is 44.0 Å². The van der Waals surface area contributed by atoms with Gasteiger partial charge in [0.05, 0.1) is 30.1 Å². The Hall–Kier alpha value is -2.91. The van der Waals surface area contributed by atoms with E-state index < -0.39 is 17.8 Å². The molecule has 7 nitrogen and oxygen atoms in total. The summed E-state index contributed by atoms with van der Waals surface area (Å²) >= 11 is 0. The molecule has 3 heterocycles. The number of halogens is 3. The summed E-state index contributed by atoms with van der Waals surface area (Å²) in [5.41, 5.74) is -0.114. The standard InChI is InChI=1S/C22H26F3N5O2/c1-12(2)21-27-18(28-29-21)11-20(32)30-16-4-3-5-19(31)26-15(16)10-17(30)13-6-8-14(9-7-13)22(23,24)25/h6-9,12,15-17H,3-5,10-11H2,1-2H3,(H,26,31)(H,27,28,29)/t15-,16+,17+/m0/s1. The Labute approximate surface area is 183 Å². The molecule has 0 radical (unpaired) electrons. The molecule has 2 N–H and O–H groups in total. The molecule has 2 fully saturated rings. The summed E-state index contributed by atoms with van der Waals surface area (Å²) in [4.78, 5) is 31.6. The third-order valence-electron chi connectivity index (χ3n) is 6.18. The van der Waals surface area contributed by atoms with Gasteiger partial charge in [-0.25, -0.2) is 4.98 Å². The maximum absolute atomic E-state index is 13.4. The predicted octanol–water partition coefficient (Wildman–Crippen LogP) is 3.50. The lowest BCUT2D eigenvalue weighted by molar-refractivity contribution is -0.138. The Bertz CT molecular complexity index is 986. The summed E-state index contributed by atoms with van der Waals surface area (Å²) in [5, 5.41) is 9.94. The molecule has 0 spiro atoms. The first-order valence-electron chi connectivity index (χ1n) is 10.8. The van der Waals surface area contributed by atoms with Gasteiger partial charge in [0.1, 0.15) is 5.82 Å². The van der Waals surface area contributed by atoms with Crippen LogP contribution in [0.4, 0.5) is 13.2 Å². The molecule has 2 amide bonds. The van der Waals surface area contributed by atoms with Crippen molar-refractivity contribution in [1.29, 1.82) is 0 Å². The first kappa shape index (κ1) is 22.3. The van der Waals surface area contributed by atoms with Gasteiger partial charge in [-0.05, 0) is 37.0 Å². The Kier molecular flexibility index (Phi) is 5.96. The van der Waals surface area contributed by atoms with Gasteiger partial charge >= 0.3 is 6.18 Å². The number of nitrogens with zero attached hydrogens (tertiary/aromatic N) is 3. The van der Waals surface area contributed by atoms with E-state index in [0.29, 0.717) is 42.9 Å². The van der Waals surface area contributed by atoms with Crippen LogP contribution in [0.1, 0.15) is 74.3 Å². The fourth-order valence-electron chi connectivity index (χ4n) is 4.61. The zero-order valence-corrected chi connectivity index (χ0v) is 17.9. The fraction of sp³-hybridized carbons (Fsp3) is 0.545. The van der Waals surface area contributed by atoms with Crippen molar-refractivity contribution in [2.24, 2.45) is 0 Å². The number of amides is 2. The summed E-state index contributed by atoms with van der Waals surface area (Å²) in [6.45, 7) is 3.91. The number of hydrogen-bond acceptors (Lipinski definition) is 4. The molecule has 0 aliphatic carbocycles. The number of aromatic nitrogens is 3. The summed E-state index contributed by atoms with van der Waals surface area (Å²) in [5.74, 6) is 0.933. The van der Waals surface area contributed by atoms with Crippen LogP contribution in [0, 0.1) is 0 Å². The number of carbonyl (C=O) groups is 2. The number of alkyl halides is 3. The minimum atomic E-state index is -4.43. The molecule has 1 aromatic carbocycles. The average Bonchev–Trinajstić information content (AvgIpc) is 3.28. The molecular formula is C22H26F3N5O2. The maximum atomic E-state index is 13.4. The lowest BCUT2D eigenvalue weighted by Gasteiger charge is -2.31. The Morgan fingerprint density at radius 3 is 2.59 bits per heavy atom. The number of hydrogen-bond donors (Lipinski definition) is 2. The van der Waals surface area contributed by atoms with E-state index in [4.69, 9.17) is 0 Å². The van der Waals surface area contributed by atoms with Gasteiger partial charge < -0.3 is 10.2 Å². The van der Waals surface area contributed by atoms with Gasteiger partial charge in [-0.2, -0.15) is 18.3 Å². The fourth-order valence-corrected chi connectivity index (χ4v) is 4.61. The van der Waals surface area contributed by atoms with E-state index in [1.165, 1.54) is 12.1 Å². The summed E-state index contributed by atoms with van der Waals surface area (Å²) < 4.78 is 39.0. The van der Waals surface area contributed by atoms with E-state index in [2.05, 4.69) is 20.5 Å². The second-order valence-electron chi connectivity index (χ2n) is 8.78. The highest BCUT2D eigenvalue weighted by Gasteiger charge is 2.45. The normalized spacial score (nSPS) is 23.8. The van der Waals surface area contributed by atoms with Crippen LogP contribution in [0.3, 0.4) is 0 Å². The number of H-pyrrole nitrogens is 1. The zero-order valence-electron chi connectivity index (χ0n) is 17.9. The third-order valence-corrected chi connectivity index (χ3v) is 6.18. The third kappa shape index (κ3) is 4.49. The van der Waals surface area contributed by atoms with E-state index in [1.807, 2.05) is 13.8 Å². The molecule has 2 saturated heterocycles. The molecule has 0 unspecified atom stereocenters. The van der Waals surface area contributed by atoms with Gasteiger partial charge in [-0.15, -0.1) is 0 Å². The van der Waals surface area contributed by atoms with Gasteiger partial charge in [0.25, 0.3) is 0 Å². The predicted molar refractivity (Wildman–Crippen MR) is 109 cm³/mol. The SMILES string of the molecule is CC(C)c1n[nH]c(CC(=O)N2[C@@H](c3ccc(C(F)(F)F)cc3)C[C@@H]3NC(=O)CCC[C@H]32)n1. The molecule has 0 bridgehead atoms. The number of rotatable bonds is 4. The van der Waals surface area contributed by atoms with Crippen LogP contribution in [-0.2, 0) is 22.2 Å². The van der Waals surface area contributed by atoms with Crippen molar-refractivity contribution in [2.75, 3.05) is 0 Å². The minimum absolute atomic E-state index is 0.00796. The van der Waals surface area contributed by atoms with Crippen LogP contribution in [0.25, 0.3) is 0 Å². The van der Waals surface area contributed by atoms with Crippen LogP contribution in [0.2, 0.25) is 0 Å². The Morgan fingerprint density at radius 2 is 1.97 bits per heavy atom. The lowest BCUT2D eigenvalue weighted by Crippen LogP contribution is -2.45. The second-order valence-corrected chi connectivity index (χ2v) is 8.78. The van der Waals surface area contributed by atoms with Crippen molar-refractivity contribution in [3.63, 3.8) is 0 Å². The van der Waals surface area contributed by atoms with E-state index in [0.717, 1.165) is 12.1 Å². The lowest BCUT2D eigenvalue weighted by atomic mass is 10.0. The van der Waals surface area contributed by atoms with Crippen LogP contribution < -0.4 is 5.32 Å². The number of benzene rings is 1. The molecule has 1 aromatic heterocycles. The largest absolute Gasteiger partial charge is 0.416 e. The highest BCUT2D eigenvalue weighted by atomic mass is 19.4. The number of nitrogens with one attached hydrogen (secondary N) is 2. The van der Waals surface area contributed by atoms with Gasteiger partial charge in [-0.3, -0.25) is 14.7 Å². The first-order valence-corrected chi connectivity index (χ1v) is 10.8. The zero-order chi connectivity index (χ0) is 23.0. The molecule has 0 saturated carbocycles. The van der Waals surface area contributed by atoms with Gasteiger partial charge in [0.2, 0.25) is 11.8 Å². The summed E-state index contributed by atoms with van der Waals surface area (Å²) in [6, 6.07) is 4.05. The van der Waals surface area contributed by atoms with Crippen LogP contribution in [0.15, 0.2) is 24.3 Å². The number of likely N-dealkylation sites (tertiary alicyclic amines) is 1. The molecule has 10 heteroatoms. The van der Waals surface area contributed by atoms with Crippen molar-refractivity contribution in [3.05, 3.63) is 47.0 Å². The van der Waals surface area contributed by atoms with Crippen molar-refractivity contribution >= 4 is 11.8 Å². The van der Waals surface area contributed by atoms with Crippen molar-refractivity contribution in [1.82, 2.24) is 25.4 Å². The molecule has 3 atom stereocenters. The smallest absolute Gasteiger partial charge is 0.351 e. The van der Waals surface area contributed by atoms with Crippen molar-refractivity contribution in [2.45, 2.75) is 76.2 Å². The van der Waals surface area contributed by atoms with E-state index in [1.54, 1.807) is 4.90 Å². The van der Waals surface area contributed by atoms with Gasteiger partial charge in [-0.1, -0.05) is 26.0 Å². The van der Waals surface area contributed by atoms with Gasteiger partial charge in [0.15, 0.2) is 5.82 Å².